The van der Waals surface area contributed by atoms with E-state index in [4.69, 9.17) is 10.1 Å². The molecule has 0 aromatic heterocycles. The monoisotopic (exact) mass is 284 g/mol. The van der Waals surface area contributed by atoms with Crippen molar-refractivity contribution < 1.29 is 13.2 Å². The number of hydrogen-bond acceptors (Lipinski definition) is 4. The molecule has 1 aromatic carbocycles. The smallest absolute Gasteiger partial charge is 0.240 e. The Morgan fingerprint density at radius 2 is 1.84 bits per heavy atom. The molecule has 1 rings (SSSR count). The van der Waals surface area contributed by atoms with Crippen LogP contribution in [0.1, 0.15) is 32.8 Å². The molecule has 0 unspecified atom stereocenters. The molecule has 0 saturated heterocycles. The lowest BCUT2D eigenvalue weighted by atomic mass is 10.1. The molecule has 1 aromatic rings. The van der Waals surface area contributed by atoms with Gasteiger partial charge in [0, 0.05) is 5.56 Å². The summed E-state index contributed by atoms with van der Waals surface area (Å²) in [5.41, 5.74) is 0.142. The van der Waals surface area contributed by atoms with Crippen LogP contribution in [0.25, 0.3) is 0 Å². The minimum Gasteiger partial charge on any atom is -0.472 e. The van der Waals surface area contributed by atoms with E-state index in [1.807, 2.05) is 20.8 Å². The molecule has 0 heterocycles. The van der Waals surface area contributed by atoms with Crippen LogP contribution in [-0.2, 0) is 14.8 Å². The van der Waals surface area contributed by atoms with Gasteiger partial charge in [0.1, 0.15) is 5.60 Å². The summed E-state index contributed by atoms with van der Waals surface area (Å²) in [6.45, 7) is 5.79. The van der Waals surface area contributed by atoms with Crippen LogP contribution in [-0.4, -0.2) is 27.0 Å². The maximum Gasteiger partial charge on any atom is 0.240 e. The highest BCUT2D eigenvalue weighted by molar-refractivity contribution is 7.89. The van der Waals surface area contributed by atoms with Gasteiger partial charge in [-0.2, -0.15) is 0 Å². The van der Waals surface area contributed by atoms with E-state index in [0.717, 1.165) is 6.42 Å². The summed E-state index contributed by atoms with van der Waals surface area (Å²) in [5, 5.41) is 7.87. The molecular weight excluding hydrogens is 264 g/mol. The van der Waals surface area contributed by atoms with Crippen LogP contribution in [0.5, 0.6) is 0 Å². The standard InChI is InChI=1S/C13H20N2O3S/c1-5-13(2,3)18-12(14)10-6-8-11(9-7-10)19(16,17)15-4/h6-9,14-15H,5H2,1-4H3. The van der Waals surface area contributed by atoms with Gasteiger partial charge in [-0.05, 0) is 51.6 Å². The van der Waals surface area contributed by atoms with Crippen molar-refractivity contribution in [2.45, 2.75) is 37.7 Å². The van der Waals surface area contributed by atoms with Crippen LogP contribution < -0.4 is 4.72 Å². The molecule has 0 fully saturated rings. The second-order valence-electron chi connectivity index (χ2n) is 4.78. The predicted octanol–water partition coefficient (Wildman–Crippen LogP) is 2.13. The first-order valence-corrected chi connectivity index (χ1v) is 7.52. The van der Waals surface area contributed by atoms with Crippen molar-refractivity contribution in [3.05, 3.63) is 29.8 Å². The number of rotatable bonds is 5. The molecule has 0 atom stereocenters. The molecule has 0 bridgehead atoms. The van der Waals surface area contributed by atoms with Gasteiger partial charge in [0.05, 0.1) is 4.90 Å². The lowest BCUT2D eigenvalue weighted by Crippen LogP contribution is -2.27. The van der Waals surface area contributed by atoms with Gasteiger partial charge < -0.3 is 4.74 Å². The third kappa shape index (κ3) is 4.04. The molecular formula is C13H20N2O3S. The molecule has 0 spiro atoms. The van der Waals surface area contributed by atoms with Crippen molar-refractivity contribution in [1.29, 1.82) is 5.41 Å². The van der Waals surface area contributed by atoms with Crippen molar-refractivity contribution in [2.75, 3.05) is 7.05 Å². The maximum absolute atomic E-state index is 11.6. The molecule has 0 radical (unpaired) electrons. The molecule has 19 heavy (non-hydrogen) atoms. The van der Waals surface area contributed by atoms with Crippen molar-refractivity contribution in [2.24, 2.45) is 0 Å². The first-order chi connectivity index (χ1) is 8.72. The van der Waals surface area contributed by atoms with E-state index in [1.165, 1.54) is 19.2 Å². The SMILES string of the molecule is CCC(C)(C)OC(=N)c1ccc(S(=O)(=O)NC)cc1. The number of sulfonamides is 1. The molecule has 5 nitrogen and oxygen atoms in total. The summed E-state index contributed by atoms with van der Waals surface area (Å²) >= 11 is 0. The van der Waals surface area contributed by atoms with Crippen LogP contribution in [0.15, 0.2) is 29.2 Å². The summed E-state index contributed by atoms with van der Waals surface area (Å²) in [5.74, 6) is 0.0419. The summed E-state index contributed by atoms with van der Waals surface area (Å²) in [7, 11) is -2.08. The van der Waals surface area contributed by atoms with Gasteiger partial charge in [0.2, 0.25) is 15.9 Å². The van der Waals surface area contributed by atoms with Gasteiger partial charge in [0.15, 0.2) is 0 Å². The zero-order chi connectivity index (χ0) is 14.7. The molecule has 2 N–H and O–H groups in total. The summed E-state index contributed by atoms with van der Waals surface area (Å²) in [4.78, 5) is 0.168. The maximum atomic E-state index is 11.6. The Bertz CT molecular complexity index is 548. The Kier molecular flexibility index (Phi) is 4.70. The fourth-order valence-corrected chi connectivity index (χ4v) is 2.04. The lowest BCUT2D eigenvalue weighted by Gasteiger charge is -2.25. The summed E-state index contributed by atoms with van der Waals surface area (Å²) < 4.78 is 30.9. The van der Waals surface area contributed by atoms with Gasteiger partial charge in [-0.15, -0.1) is 0 Å². The first kappa shape index (κ1) is 15.7. The van der Waals surface area contributed by atoms with Crippen molar-refractivity contribution in [3.8, 4) is 0 Å². The summed E-state index contributed by atoms with van der Waals surface area (Å²) in [6, 6.07) is 6.05. The molecule has 0 aliphatic rings. The van der Waals surface area contributed by atoms with Crippen LogP contribution in [0.2, 0.25) is 0 Å². The van der Waals surface area contributed by atoms with E-state index in [9.17, 15) is 8.42 Å². The minimum absolute atomic E-state index is 0.0419. The zero-order valence-electron chi connectivity index (χ0n) is 11.6. The third-order valence-electron chi connectivity index (χ3n) is 2.93. The van der Waals surface area contributed by atoms with Gasteiger partial charge >= 0.3 is 0 Å². The van der Waals surface area contributed by atoms with Gasteiger partial charge in [0.25, 0.3) is 0 Å². The predicted molar refractivity (Wildman–Crippen MR) is 75.0 cm³/mol. The van der Waals surface area contributed by atoms with Crippen LogP contribution in [0.4, 0.5) is 0 Å². The highest BCUT2D eigenvalue weighted by atomic mass is 32.2. The Hall–Kier alpha value is -1.40. The van der Waals surface area contributed by atoms with Gasteiger partial charge in [-0.25, -0.2) is 13.1 Å². The number of hydrogen-bond donors (Lipinski definition) is 2. The van der Waals surface area contributed by atoms with Crippen molar-refractivity contribution >= 4 is 15.9 Å². The average Bonchev–Trinajstić information content (AvgIpc) is 2.38. The Labute approximate surface area is 114 Å². The van der Waals surface area contributed by atoms with E-state index < -0.39 is 15.6 Å². The van der Waals surface area contributed by atoms with Gasteiger partial charge in [-0.1, -0.05) is 6.92 Å². The van der Waals surface area contributed by atoms with E-state index in [-0.39, 0.29) is 10.8 Å². The van der Waals surface area contributed by atoms with Crippen molar-refractivity contribution in [1.82, 2.24) is 4.72 Å². The van der Waals surface area contributed by atoms with Crippen LogP contribution in [0.3, 0.4) is 0 Å². The third-order valence-corrected chi connectivity index (χ3v) is 4.36. The minimum atomic E-state index is -3.44. The topological polar surface area (TPSA) is 79.2 Å². The normalized spacial score (nSPS) is 12.2. The van der Waals surface area contributed by atoms with Crippen molar-refractivity contribution in [3.63, 3.8) is 0 Å². The van der Waals surface area contributed by atoms with E-state index in [1.54, 1.807) is 12.1 Å². The second kappa shape index (κ2) is 5.71. The molecule has 0 amide bonds. The first-order valence-electron chi connectivity index (χ1n) is 6.03. The lowest BCUT2D eigenvalue weighted by molar-refractivity contribution is 0.0909. The van der Waals surface area contributed by atoms with Gasteiger partial charge in [-0.3, -0.25) is 5.41 Å². The number of nitrogens with one attached hydrogen (secondary N) is 2. The fourth-order valence-electron chi connectivity index (χ4n) is 1.31. The second-order valence-corrected chi connectivity index (χ2v) is 6.66. The Morgan fingerprint density at radius 1 is 1.32 bits per heavy atom. The molecule has 106 valence electrons. The zero-order valence-corrected chi connectivity index (χ0v) is 12.5. The Morgan fingerprint density at radius 3 is 2.26 bits per heavy atom. The quantitative estimate of drug-likeness (QED) is 0.642. The van der Waals surface area contributed by atoms with E-state index in [0.29, 0.717) is 5.56 Å². The molecule has 0 aliphatic carbocycles. The molecule has 0 saturated carbocycles. The van der Waals surface area contributed by atoms with E-state index in [2.05, 4.69) is 4.72 Å². The molecule has 6 heteroatoms. The van der Waals surface area contributed by atoms with Crippen LogP contribution >= 0.6 is 0 Å². The highest BCUT2D eigenvalue weighted by Crippen LogP contribution is 2.17. The molecule has 0 aliphatic heterocycles. The van der Waals surface area contributed by atoms with E-state index >= 15 is 0 Å². The highest BCUT2D eigenvalue weighted by Gasteiger charge is 2.19. The largest absolute Gasteiger partial charge is 0.472 e. The number of benzene rings is 1. The fraction of sp³-hybridized carbons (Fsp3) is 0.462. The number of ether oxygens (including phenoxy) is 1. The average molecular weight is 284 g/mol. The summed E-state index contributed by atoms with van der Waals surface area (Å²) in [6.07, 6.45) is 0.779. The van der Waals surface area contributed by atoms with Crippen LogP contribution in [0, 0.1) is 5.41 Å². The Balaban J connectivity index is 2.91.